The summed E-state index contributed by atoms with van der Waals surface area (Å²) in [5.74, 6) is -5.17. The van der Waals surface area contributed by atoms with E-state index in [-0.39, 0.29) is 6.42 Å². The van der Waals surface area contributed by atoms with Crippen LogP contribution >= 0.6 is 0 Å². The van der Waals surface area contributed by atoms with Gasteiger partial charge in [0.2, 0.25) is 6.54 Å². The minimum absolute atomic E-state index is 0.191. The zero-order chi connectivity index (χ0) is 13.9. The van der Waals surface area contributed by atoms with E-state index in [1.807, 2.05) is 0 Å². The number of methoxy groups -OCH3 is 1. The highest BCUT2D eigenvalue weighted by Gasteiger charge is 2.49. The summed E-state index contributed by atoms with van der Waals surface area (Å²) in [6.07, 6.45) is -0.687. The molecule has 1 rings (SSSR count). The van der Waals surface area contributed by atoms with Gasteiger partial charge in [-0.1, -0.05) is 0 Å². The molecule has 1 aliphatic rings. The number of nitrogens with zero attached hydrogens (tertiary/aromatic N) is 1. The van der Waals surface area contributed by atoms with Crippen molar-refractivity contribution < 1.29 is 29.2 Å². The van der Waals surface area contributed by atoms with Crippen LogP contribution in [0.4, 0.5) is 0 Å². The number of esters is 1. The Kier molecular flexibility index (Phi) is 4.35. The Morgan fingerprint density at radius 1 is 1.56 bits per heavy atom. The SMILES string of the molecule is COC(=O)C1CC(=O)C(CC(=O)O)C1C[N+](=O)[O-]. The first kappa shape index (κ1) is 14.1. The third kappa shape index (κ3) is 3.02. The fourth-order valence-electron chi connectivity index (χ4n) is 2.33. The summed E-state index contributed by atoms with van der Waals surface area (Å²) in [5.41, 5.74) is 0. The number of carboxylic acid groups (broad SMARTS) is 1. The molecule has 1 fully saturated rings. The second kappa shape index (κ2) is 5.56. The molecule has 0 spiro atoms. The highest BCUT2D eigenvalue weighted by Crippen LogP contribution is 2.37. The molecular formula is C10H13NO7. The van der Waals surface area contributed by atoms with Crippen molar-refractivity contribution in [2.75, 3.05) is 13.7 Å². The lowest BCUT2D eigenvalue weighted by Crippen LogP contribution is -2.31. The maximum Gasteiger partial charge on any atom is 0.309 e. The molecule has 8 heteroatoms. The lowest BCUT2D eigenvalue weighted by Gasteiger charge is -2.17. The van der Waals surface area contributed by atoms with Gasteiger partial charge in [-0.15, -0.1) is 0 Å². The van der Waals surface area contributed by atoms with Gasteiger partial charge >= 0.3 is 11.9 Å². The van der Waals surface area contributed by atoms with Crippen molar-refractivity contribution in [3.63, 3.8) is 0 Å². The minimum atomic E-state index is -1.22. The van der Waals surface area contributed by atoms with Crippen LogP contribution in [0.3, 0.4) is 0 Å². The van der Waals surface area contributed by atoms with E-state index in [0.29, 0.717) is 0 Å². The maximum atomic E-state index is 11.6. The molecule has 8 nitrogen and oxygen atoms in total. The van der Waals surface area contributed by atoms with E-state index in [0.717, 1.165) is 7.11 Å². The van der Waals surface area contributed by atoms with Crippen LogP contribution in [0.5, 0.6) is 0 Å². The van der Waals surface area contributed by atoms with Crippen molar-refractivity contribution in [2.24, 2.45) is 17.8 Å². The summed E-state index contributed by atoms with van der Waals surface area (Å²) in [5, 5.41) is 19.2. The first-order valence-electron chi connectivity index (χ1n) is 5.31. The zero-order valence-electron chi connectivity index (χ0n) is 9.70. The van der Waals surface area contributed by atoms with E-state index in [4.69, 9.17) is 5.11 Å². The van der Waals surface area contributed by atoms with E-state index >= 15 is 0 Å². The lowest BCUT2D eigenvalue weighted by atomic mass is 9.87. The van der Waals surface area contributed by atoms with Gasteiger partial charge in [-0.25, -0.2) is 0 Å². The number of nitro groups is 1. The molecule has 1 aliphatic carbocycles. The molecule has 3 atom stereocenters. The van der Waals surface area contributed by atoms with Crippen LogP contribution in [0, 0.1) is 27.9 Å². The smallest absolute Gasteiger partial charge is 0.309 e. The summed E-state index contributed by atoms with van der Waals surface area (Å²) < 4.78 is 4.49. The van der Waals surface area contributed by atoms with Crippen LogP contribution in [-0.2, 0) is 19.1 Å². The maximum absolute atomic E-state index is 11.6. The van der Waals surface area contributed by atoms with E-state index < -0.39 is 53.4 Å². The third-order valence-corrected chi connectivity index (χ3v) is 3.13. The van der Waals surface area contributed by atoms with Gasteiger partial charge in [-0.05, 0) is 0 Å². The molecule has 0 heterocycles. The second-order valence-electron chi connectivity index (χ2n) is 4.18. The predicted octanol–water partition coefficient (Wildman–Crippen LogP) is -0.268. The summed E-state index contributed by atoms with van der Waals surface area (Å²) in [6.45, 7) is -0.608. The highest BCUT2D eigenvalue weighted by atomic mass is 16.6. The Labute approximate surface area is 102 Å². The normalized spacial score (nSPS) is 26.9. The van der Waals surface area contributed by atoms with Gasteiger partial charge in [0.05, 0.1) is 19.4 Å². The Morgan fingerprint density at radius 3 is 2.61 bits per heavy atom. The number of aliphatic carboxylic acids is 1. The van der Waals surface area contributed by atoms with Crippen LogP contribution in [-0.4, -0.2) is 41.4 Å². The number of carbonyl (C=O) groups is 3. The van der Waals surface area contributed by atoms with Crippen LogP contribution in [0.15, 0.2) is 0 Å². The average molecular weight is 259 g/mol. The zero-order valence-corrected chi connectivity index (χ0v) is 9.70. The monoisotopic (exact) mass is 259 g/mol. The summed E-state index contributed by atoms with van der Waals surface area (Å²) in [7, 11) is 1.13. The largest absolute Gasteiger partial charge is 0.481 e. The molecule has 100 valence electrons. The molecule has 0 bridgehead atoms. The van der Waals surface area contributed by atoms with E-state index in [1.165, 1.54) is 0 Å². The molecule has 18 heavy (non-hydrogen) atoms. The standard InChI is InChI=1S/C10H13NO7/c1-18-10(15)6-2-8(12)5(3-9(13)14)7(6)4-11(16)17/h5-7H,2-4H2,1H3,(H,13,14). The van der Waals surface area contributed by atoms with Crippen LogP contribution in [0.1, 0.15) is 12.8 Å². The van der Waals surface area contributed by atoms with Gasteiger partial charge in [0.15, 0.2) is 0 Å². The van der Waals surface area contributed by atoms with Crippen molar-refractivity contribution in [3.05, 3.63) is 10.1 Å². The highest BCUT2D eigenvalue weighted by molar-refractivity contribution is 5.92. The molecular weight excluding hydrogens is 246 g/mol. The Balaban J connectivity index is 2.94. The molecule has 0 aromatic carbocycles. The fourth-order valence-corrected chi connectivity index (χ4v) is 2.33. The quantitative estimate of drug-likeness (QED) is 0.409. The summed E-state index contributed by atoms with van der Waals surface area (Å²) >= 11 is 0. The van der Waals surface area contributed by atoms with Crippen LogP contribution < -0.4 is 0 Å². The van der Waals surface area contributed by atoms with Gasteiger partial charge in [0.1, 0.15) is 5.78 Å². The second-order valence-corrected chi connectivity index (χ2v) is 4.18. The fraction of sp³-hybridized carbons (Fsp3) is 0.700. The number of ether oxygens (including phenoxy) is 1. The molecule has 0 aliphatic heterocycles. The van der Waals surface area contributed by atoms with Gasteiger partial charge in [0.25, 0.3) is 0 Å². The van der Waals surface area contributed by atoms with Gasteiger partial charge < -0.3 is 9.84 Å². The van der Waals surface area contributed by atoms with Gasteiger partial charge in [-0.3, -0.25) is 24.5 Å². The minimum Gasteiger partial charge on any atom is -0.481 e. The molecule has 0 amide bonds. The number of Topliss-reactive ketones (excluding diaryl/α,β-unsaturated/α-hetero) is 1. The Bertz CT molecular complexity index is 392. The number of ketones is 1. The van der Waals surface area contributed by atoms with Gasteiger partial charge in [0, 0.05) is 23.2 Å². The van der Waals surface area contributed by atoms with Crippen molar-refractivity contribution in [1.29, 1.82) is 0 Å². The molecule has 3 unspecified atom stereocenters. The first-order valence-corrected chi connectivity index (χ1v) is 5.31. The van der Waals surface area contributed by atoms with Crippen molar-refractivity contribution in [3.8, 4) is 0 Å². The Morgan fingerprint density at radius 2 is 2.17 bits per heavy atom. The third-order valence-electron chi connectivity index (χ3n) is 3.13. The number of hydrogen-bond donors (Lipinski definition) is 1. The van der Waals surface area contributed by atoms with E-state index in [1.54, 1.807) is 0 Å². The van der Waals surface area contributed by atoms with Crippen molar-refractivity contribution in [1.82, 2.24) is 0 Å². The topological polar surface area (TPSA) is 124 Å². The molecule has 1 saturated carbocycles. The molecule has 0 aromatic rings. The molecule has 1 N–H and O–H groups in total. The lowest BCUT2D eigenvalue weighted by molar-refractivity contribution is -0.490. The molecule has 0 saturated heterocycles. The summed E-state index contributed by atoms with van der Waals surface area (Å²) in [4.78, 5) is 43.6. The van der Waals surface area contributed by atoms with Crippen LogP contribution in [0.25, 0.3) is 0 Å². The van der Waals surface area contributed by atoms with E-state index in [2.05, 4.69) is 4.74 Å². The number of carboxylic acids is 1. The van der Waals surface area contributed by atoms with E-state index in [9.17, 15) is 24.5 Å². The Hall–Kier alpha value is -1.99. The summed E-state index contributed by atoms with van der Waals surface area (Å²) in [6, 6.07) is 0. The van der Waals surface area contributed by atoms with Crippen LogP contribution in [0.2, 0.25) is 0 Å². The average Bonchev–Trinajstić information content (AvgIpc) is 2.55. The number of hydrogen-bond acceptors (Lipinski definition) is 6. The first-order chi connectivity index (χ1) is 8.36. The molecule has 0 aromatic heterocycles. The van der Waals surface area contributed by atoms with Gasteiger partial charge in [-0.2, -0.15) is 0 Å². The molecule has 0 radical (unpaired) electrons. The van der Waals surface area contributed by atoms with Crippen molar-refractivity contribution >= 4 is 17.7 Å². The number of carbonyl (C=O) groups excluding carboxylic acids is 2. The number of rotatable bonds is 5. The van der Waals surface area contributed by atoms with Crippen molar-refractivity contribution in [2.45, 2.75) is 12.8 Å². The predicted molar refractivity (Wildman–Crippen MR) is 56.2 cm³/mol.